The van der Waals surface area contributed by atoms with Gasteiger partial charge in [0.15, 0.2) is 5.69 Å². The van der Waals surface area contributed by atoms with Crippen LogP contribution in [0.4, 0.5) is 0 Å². The first-order chi connectivity index (χ1) is 8.63. The molecular weight excluding hydrogens is 236 g/mol. The molecule has 7 nitrogen and oxygen atoms in total. The van der Waals surface area contributed by atoms with E-state index in [2.05, 4.69) is 10.3 Å². The number of primary amides is 1. The molecule has 0 saturated carbocycles. The van der Waals surface area contributed by atoms with Crippen molar-refractivity contribution >= 4 is 5.91 Å². The van der Waals surface area contributed by atoms with E-state index in [1.54, 1.807) is 11.8 Å². The Labute approximate surface area is 105 Å². The van der Waals surface area contributed by atoms with E-state index in [4.69, 9.17) is 15.2 Å². The number of ether oxygens (including phenoxy) is 2. The zero-order valence-electron chi connectivity index (χ0n) is 10.6. The summed E-state index contributed by atoms with van der Waals surface area (Å²) in [5, 5.41) is 7.81. The molecule has 0 aliphatic carbocycles. The predicted molar refractivity (Wildman–Crippen MR) is 62.9 cm³/mol. The number of aromatic nitrogens is 3. The van der Waals surface area contributed by atoms with Crippen LogP contribution in [-0.2, 0) is 16.0 Å². The van der Waals surface area contributed by atoms with E-state index in [1.165, 1.54) is 0 Å². The second-order valence-corrected chi connectivity index (χ2v) is 4.38. The van der Waals surface area contributed by atoms with Crippen LogP contribution < -0.4 is 5.73 Å². The molecule has 0 spiro atoms. The maximum absolute atomic E-state index is 11.3. The third-order valence-electron chi connectivity index (χ3n) is 3.15. The first-order valence-corrected chi connectivity index (χ1v) is 6.01. The van der Waals surface area contributed by atoms with Gasteiger partial charge in [-0.25, -0.2) is 4.68 Å². The van der Waals surface area contributed by atoms with Gasteiger partial charge in [0.1, 0.15) is 5.69 Å². The highest BCUT2D eigenvalue weighted by atomic mass is 16.5. The van der Waals surface area contributed by atoms with E-state index in [9.17, 15) is 4.79 Å². The molecule has 2 N–H and O–H groups in total. The highest BCUT2D eigenvalue weighted by Crippen LogP contribution is 2.21. The van der Waals surface area contributed by atoms with Crippen LogP contribution in [-0.4, -0.2) is 40.7 Å². The lowest BCUT2D eigenvalue weighted by atomic mass is 10.2. The molecule has 1 aromatic rings. The number of amides is 1. The molecule has 1 amide bonds. The van der Waals surface area contributed by atoms with Crippen molar-refractivity contribution in [1.29, 1.82) is 0 Å². The van der Waals surface area contributed by atoms with Crippen molar-refractivity contribution in [2.75, 3.05) is 13.7 Å². The van der Waals surface area contributed by atoms with Gasteiger partial charge in [-0.2, -0.15) is 0 Å². The number of methoxy groups -OCH3 is 1. The van der Waals surface area contributed by atoms with Crippen molar-refractivity contribution in [3.63, 3.8) is 0 Å². The minimum absolute atomic E-state index is 0.121. The third-order valence-corrected chi connectivity index (χ3v) is 3.15. The monoisotopic (exact) mass is 254 g/mol. The van der Waals surface area contributed by atoms with Gasteiger partial charge in [-0.3, -0.25) is 4.79 Å². The van der Waals surface area contributed by atoms with E-state index < -0.39 is 5.91 Å². The third kappa shape index (κ3) is 2.51. The molecule has 1 fully saturated rings. The van der Waals surface area contributed by atoms with Gasteiger partial charge in [-0.15, -0.1) is 5.10 Å². The van der Waals surface area contributed by atoms with Gasteiger partial charge in [0.25, 0.3) is 5.91 Å². The summed E-state index contributed by atoms with van der Waals surface area (Å²) < 4.78 is 12.4. The fourth-order valence-electron chi connectivity index (χ4n) is 2.13. The number of hydrogen-bond acceptors (Lipinski definition) is 5. The summed E-state index contributed by atoms with van der Waals surface area (Å²) in [6, 6.07) is 0. The summed E-state index contributed by atoms with van der Waals surface area (Å²) in [4.78, 5) is 11.3. The van der Waals surface area contributed by atoms with Crippen LogP contribution in [0.5, 0.6) is 0 Å². The minimum Gasteiger partial charge on any atom is -0.376 e. The molecule has 2 unspecified atom stereocenters. The minimum atomic E-state index is -0.590. The number of carbonyl (C=O) groups is 1. The molecule has 7 heteroatoms. The molecule has 0 aromatic carbocycles. The van der Waals surface area contributed by atoms with E-state index in [0.717, 1.165) is 19.4 Å². The van der Waals surface area contributed by atoms with Crippen molar-refractivity contribution in [3.05, 3.63) is 11.4 Å². The van der Waals surface area contributed by atoms with Crippen LogP contribution >= 0.6 is 0 Å². The molecule has 18 heavy (non-hydrogen) atoms. The first-order valence-electron chi connectivity index (χ1n) is 6.01. The summed E-state index contributed by atoms with van der Waals surface area (Å²) in [6.07, 6.45) is 1.88. The number of hydrogen-bond donors (Lipinski definition) is 1. The molecular formula is C11H18N4O3. The van der Waals surface area contributed by atoms with Gasteiger partial charge in [0, 0.05) is 13.7 Å². The Hall–Kier alpha value is -1.47. The maximum Gasteiger partial charge on any atom is 0.271 e. The second kappa shape index (κ2) is 5.45. The van der Waals surface area contributed by atoms with Gasteiger partial charge in [-0.05, 0) is 19.8 Å². The molecule has 1 saturated heterocycles. The van der Waals surface area contributed by atoms with Crippen molar-refractivity contribution in [3.8, 4) is 0 Å². The average molecular weight is 254 g/mol. The predicted octanol–water partition coefficient (Wildman–Crippen LogP) is 0.263. The van der Waals surface area contributed by atoms with Gasteiger partial charge in [0.05, 0.1) is 18.8 Å². The Morgan fingerprint density at radius 1 is 1.72 bits per heavy atom. The number of rotatable bonds is 5. The Bertz CT molecular complexity index is 426. The smallest absolute Gasteiger partial charge is 0.271 e. The molecule has 1 aliphatic heterocycles. The zero-order valence-corrected chi connectivity index (χ0v) is 10.6. The van der Waals surface area contributed by atoms with E-state index in [-0.39, 0.29) is 17.9 Å². The Morgan fingerprint density at radius 3 is 3.06 bits per heavy atom. The summed E-state index contributed by atoms with van der Waals surface area (Å²) in [7, 11) is 1.57. The standard InChI is InChI=1S/C11H18N4O3/c1-7(17-2)10-9(11(12)16)13-14-15(10)6-8-4-3-5-18-8/h7-8H,3-6H2,1-2H3,(H2,12,16). The van der Waals surface area contributed by atoms with Crippen molar-refractivity contribution in [2.45, 2.75) is 38.5 Å². The molecule has 2 rings (SSSR count). The highest BCUT2D eigenvalue weighted by molar-refractivity contribution is 5.91. The number of nitrogens with two attached hydrogens (primary N) is 1. The highest BCUT2D eigenvalue weighted by Gasteiger charge is 2.25. The van der Waals surface area contributed by atoms with Crippen molar-refractivity contribution in [1.82, 2.24) is 15.0 Å². The summed E-state index contributed by atoms with van der Waals surface area (Å²) in [5.41, 5.74) is 6.07. The van der Waals surface area contributed by atoms with Crippen molar-refractivity contribution < 1.29 is 14.3 Å². The van der Waals surface area contributed by atoms with Crippen LogP contribution in [0.2, 0.25) is 0 Å². The fraction of sp³-hybridized carbons (Fsp3) is 0.727. The Morgan fingerprint density at radius 2 is 2.50 bits per heavy atom. The summed E-state index contributed by atoms with van der Waals surface area (Å²) in [6.45, 7) is 3.18. The molecule has 2 atom stereocenters. The van der Waals surface area contributed by atoms with Crippen LogP contribution in [0.15, 0.2) is 0 Å². The Kier molecular flexibility index (Phi) is 3.93. The largest absolute Gasteiger partial charge is 0.376 e. The fourth-order valence-corrected chi connectivity index (χ4v) is 2.13. The van der Waals surface area contributed by atoms with Gasteiger partial charge in [-0.1, -0.05) is 5.21 Å². The lowest BCUT2D eigenvalue weighted by molar-refractivity contribution is 0.0810. The molecule has 0 radical (unpaired) electrons. The van der Waals surface area contributed by atoms with E-state index in [1.807, 2.05) is 6.92 Å². The van der Waals surface area contributed by atoms with Crippen LogP contribution in [0.3, 0.4) is 0 Å². The summed E-state index contributed by atoms with van der Waals surface area (Å²) >= 11 is 0. The summed E-state index contributed by atoms with van der Waals surface area (Å²) in [5.74, 6) is -0.590. The van der Waals surface area contributed by atoms with Gasteiger partial charge < -0.3 is 15.2 Å². The Balaban J connectivity index is 2.25. The number of carbonyl (C=O) groups excluding carboxylic acids is 1. The molecule has 2 heterocycles. The topological polar surface area (TPSA) is 92.3 Å². The van der Waals surface area contributed by atoms with Crippen LogP contribution in [0, 0.1) is 0 Å². The quantitative estimate of drug-likeness (QED) is 0.813. The van der Waals surface area contributed by atoms with Gasteiger partial charge >= 0.3 is 0 Å². The first kappa shape index (κ1) is 13.0. The second-order valence-electron chi connectivity index (χ2n) is 4.38. The lowest BCUT2D eigenvalue weighted by Gasteiger charge is -2.15. The van der Waals surface area contributed by atoms with E-state index >= 15 is 0 Å². The molecule has 1 aromatic heterocycles. The molecule has 100 valence electrons. The maximum atomic E-state index is 11.3. The number of nitrogens with zero attached hydrogens (tertiary/aromatic N) is 3. The van der Waals surface area contributed by atoms with Crippen LogP contribution in [0.25, 0.3) is 0 Å². The normalized spacial score (nSPS) is 21.1. The molecule has 0 bridgehead atoms. The zero-order chi connectivity index (χ0) is 13.1. The molecule has 1 aliphatic rings. The van der Waals surface area contributed by atoms with E-state index in [0.29, 0.717) is 12.2 Å². The van der Waals surface area contributed by atoms with Gasteiger partial charge in [0.2, 0.25) is 0 Å². The SMILES string of the molecule is COC(C)c1c(C(N)=O)nnn1CC1CCCO1. The lowest BCUT2D eigenvalue weighted by Crippen LogP contribution is -2.21. The average Bonchev–Trinajstić information content (AvgIpc) is 2.97. The van der Waals surface area contributed by atoms with Crippen LogP contribution in [0.1, 0.15) is 42.1 Å². The van der Waals surface area contributed by atoms with Crippen molar-refractivity contribution in [2.24, 2.45) is 5.73 Å².